The second-order valence-corrected chi connectivity index (χ2v) is 4.87. The van der Waals surface area contributed by atoms with Gasteiger partial charge in [0.15, 0.2) is 0 Å². The second-order valence-electron chi connectivity index (χ2n) is 4.87. The summed E-state index contributed by atoms with van der Waals surface area (Å²) in [5, 5.41) is 12.7. The number of halogens is 1. The van der Waals surface area contributed by atoms with Crippen LogP contribution < -0.4 is 0 Å². The number of hydrogen-bond donors (Lipinski definition) is 1. The van der Waals surface area contributed by atoms with Crippen LogP contribution in [0.3, 0.4) is 0 Å². The number of rotatable bonds is 2. The minimum absolute atomic E-state index is 0.418. The zero-order valence-corrected chi connectivity index (χ0v) is 10.9. The fourth-order valence-electron chi connectivity index (χ4n) is 2.38. The molecule has 0 aliphatic rings. The molecule has 0 bridgehead atoms. The molecule has 0 aliphatic carbocycles. The Kier molecular flexibility index (Phi) is 2.95. The van der Waals surface area contributed by atoms with Crippen LogP contribution in [0.4, 0.5) is 4.39 Å². The second kappa shape index (κ2) is 4.65. The van der Waals surface area contributed by atoms with Crippen molar-refractivity contribution in [1.82, 2.24) is 9.97 Å². The van der Waals surface area contributed by atoms with Gasteiger partial charge in [0.05, 0.1) is 6.20 Å². The Hall–Kier alpha value is -2.33. The minimum Gasteiger partial charge on any atom is -0.381 e. The third kappa shape index (κ3) is 2.04. The van der Waals surface area contributed by atoms with E-state index in [-0.39, 0.29) is 0 Å². The summed E-state index contributed by atoms with van der Waals surface area (Å²) in [6.45, 7) is 1.64. The molecule has 2 aromatic heterocycles. The van der Waals surface area contributed by atoms with E-state index in [2.05, 4.69) is 9.97 Å². The number of pyridine rings is 2. The number of fused-ring (bicyclic) bond motifs is 1. The SMILES string of the molecule is CC(O)(c1cncc(F)c1)c1cccc2cnccc12. The fourth-order valence-corrected chi connectivity index (χ4v) is 2.38. The molecule has 2 heterocycles. The molecule has 0 aliphatic heterocycles. The molecule has 3 rings (SSSR count). The Labute approximate surface area is 115 Å². The summed E-state index contributed by atoms with van der Waals surface area (Å²) in [6, 6.07) is 8.73. The smallest absolute Gasteiger partial charge is 0.141 e. The number of aliphatic hydroxyl groups is 1. The molecule has 0 saturated heterocycles. The van der Waals surface area contributed by atoms with E-state index in [0.717, 1.165) is 17.0 Å². The van der Waals surface area contributed by atoms with Gasteiger partial charge in [0.25, 0.3) is 0 Å². The Balaban J connectivity index is 2.23. The molecule has 100 valence electrons. The van der Waals surface area contributed by atoms with E-state index in [4.69, 9.17) is 0 Å². The van der Waals surface area contributed by atoms with Crippen molar-refractivity contribution in [2.45, 2.75) is 12.5 Å². The van der Waals surface area contributed by atoms with Crippen molar-refractivity contribution in [3.05, 3.63) is 72.1 Å². The highest BCUT2D eigenvalue weighted by atomic mass is 19.1. The van der Waals surface area contributed by atoms with Crippen molar-refractivity contribution in [2.75, 3.05) is 0 Å². The van der Waals surface area contributed by atoms with Gasteiger partial charge in [-0.05, 0) is 30.0 Å². The first-order chi connectivity index (χ1) is 9.59. The Bertz CT molecular complexity index is 766. The molecule has 0 saturated carbocycles. The predicted octanol–water partition coefficient (Wildman–Crippen LogP) is 3.02. The lowest BCUT2D eigenvalue weighted by atomic mass is 9.86. The quantitative estimate of drug-likeness (QED) is 0.777. The molecule has 0 radical (unpaired) electrons. The van der Waals surface area contributed by atoms with Crippen LogP contribution in [0.5, 0.6) is 0 Å². The van der Waals surface area contributed by atoms with Crippen molar-refractivity contribution >= 4 is 10.8 Å². The van der Waals surface area contributed by atoms with Gasteiger partial charge < -0.3 is 5.11 Å². The zero-order valence-electron chi connectivity index (χ0n) is 10.9. The van der Waals surface area contributed by atoms with Gasteiger partial charge in [0.1, 0.15) is 11.4 Å². The maximum absolute atomic E-state index is 13.3. The molecule has 3 aromatic rings. The Morgan fingerprint density at radius 2 is 1.95 bits per heavy atom. The first-order valence-electron chi connectivity index (χ1n) is 6.25. The summed E-state index contributed by atoms with van der Waals surface area (Å²) in [6.07, 6.45) is 6.00. The molecule has 3 nitrogen and oxygen atoms in total. The highest BCUT2D eigenvalue weighted by molar-refractivity contribution is 5.86. The summed E-state index contributed by atoms with van der Waals surface area (Å²) >= 11 is 0. The Morgan fingerprint density at radius 3 is 2.75 bits per heavy atom. The van der Waals surface area contributed by atoms with E-state index in [0.29, 0.717) is 11.1 Å². The van der Waals surface area contributed by atoms with Gasteiger partial charge in [0.2, 0.25) is 0 Å². The maximum Gasteiger partial charge on any atom is 0.141 e. The standard InChI is InChI=1S/C16H13FN2O/c1-16(20,12-7-13(17)10-19-9-12)15-4-2-3-11-8-18-6-5-14(11)15/h2-10,20H,1H3. The first-order valence-corrected chi connectivity index (χ1v) is 6.25. The molecule has 20 heavy (non-hydrogen) atoms. The summed E-state index contributed by atoms with van der Waals surface area (Å²) in [5.74, 6) is -0.468. The third-order valence-corrected chi connectivity index (χ3v) is 3.47. The highest BCUT2D eigenvalue weighted by Crippen LogP contribution is 2.33. The summed E-state index contributed by atoms with van der Waals surface area (Å²) in [4.78, 5) is 7.88. The highest BCUT2D eigenvalue weighted by Gasteiger charge is 2.28. The maximum atomic E-state index is 13.3. The molecule has 1 N–H and O–H groups in total. The van der Waals surface area contributed by atoms with Gasteiger partial charge in [-0.25, -0.2) is 4.39 Å². The molecule has 1 atom stereocenters. The van der Waals surface area contributed by atoms with Crippen LogP contribution in [0.15, 0.2) is 55.1 Å². The van der Waals surface area contributed by atoms with Crippen molar-refractivity contribution in [1.29, 1.82) is 0 Å². The van der Waals surface area contributed by atoms with Gasteiger partial charge in [-0.1, -0.05) is 18.2 Å². The lowest BCUT2D eigenvalue weighted by Gasteiger charge is -2.25. The van der Waals surface area contributed by atoms with Gasteiger partial charge in [0, 0.05) is 29.5 Å². The van der Waals surface area contributed by atoms with Crippen molar-refractivity contribution in [2.24, 2.45) is 0 Å². The van der Waals surface area contributed by atoms with Crippen LogP contribution in [-0.4, -0.2) is 15.1 Å². The van der Waals surface area contributed by atoms with E-state index >= 15 is 0 Å². The number of nitrogens with zero attached hydrogens (tertiary/aromatic N) is 2. The predicted molar refractivity (Wildman–Crippen MR) is 74.6 cm³/mol. The average Bonchev–Trinajstić information content (AvgIpc) is 2.46. The van der Waals surface area contributed by atoms with E-state index in [1.165, 1.54) is 12.3 Å². The van der Waals surface area contributed by atoms with Crippen LogP contribution in [0, 0.1) is 5.82 Å². The van der Waals surface area contributed by atoms with E-state index in [1.807, 2.05) is 24.3 Å². The van der Waals surface area contributed by atoms with Crippen molar-refractivity contribution in [3.8, 4) is 0 Å². The van der Waals surface area contributed by atoms with Crippen molar-refractivity contribution in [3.63, 3.8) is 0 Å². The minimum atomic E-state index is -1.32. The normalized spacial score (nSPS) is 14.2. The molecule has 0 fully saturated rings. The van der Waals surface area contributed by atoms with Crippen molar-refractivity contribution < 1.29 is 9.50 Å². The topological polar surface area (TPSA) is 46.0 Å². The zero-order chi connectivity index (χ0) is 14.2. The van der Waals surface area contributed by atoms with Gasteiger partial charge in [-0.15, -0.1) is 0 Å². The molecule has 4 heteroatoms. The van der Waals surface area contributed by atoms with E-state index in [9.17, 15) is 9.50 Å². The lowest BCUT2D eigenvalue weighted by molar-refractivity contribution is 0.103. The number of aromatic nitrogens is 2. The lowest BCUT2D eigenvalue weighted by Crippen LogP contribution is -2.23. The molecular weight excluding hydrogens is 255 g/mol. The summed E-state index contributed by atoms with van der Waals surface area (Å²) in [5.41, 5.74) is -0.206. The van der Waals surface area contributed by atoms with E-state index < -0.39 is 11.4 Å². The van der Waals surface area contributed by atoms with Gasteiger partial charge >= 0.3 is 0 Å². The third-order valence-electron chi connectivity index (χ3n) is 3.47. The summed E-state index contributed by atoms with van der Waals surface area (Å²) < 4.78 is 13.3. The van der Waals surface area contributed by atoms with Crippen LogP contribution in [0.2, 0.25) is 0 Å². The van der Waals surface area contributed by atoms with Gasteiger partial charge in [-0.2, -0.15) is 0 Å². The van der Waals surface area contributed by atoms with Gasteiger partial charge in [-0.3, -0.25) is 9.97 Å². The van der Waals surface area contributed by atoms with E-state index in [1.54, 1.807) is 19.3 Å². The summed E-state index contributed by atoms with van der Waals surface area (Å²) in [7, 11) is 0. The van der Waals surface area contributed by atoms with Crippen LogP contribution in [-0.2, 0) is 5.60 Å². The molecule has 0 spiro atoms. The molecule has 1 unspecified atom stereocenters. The molecule has 1 aromatic carbocycles. The molecular formula is C16H13FN2O. The number of benzene rings is 1. The van der Waals surface area contributed by atoms with Crippen LogP contribution >= 0.6 is 0 Å². The molecule has 0 amide bonds. The van der Waals surface area contributed by atoms with Crippen LogP contribution in [0.25, 0.3) is 10.8 Å². The average molecular weight is 268 g/mol. The van der Waals surface area contributed by atoms with Crippen LogP contribution in [0.1, 0.15) is 18.1 Å². The Morgan fingerprint density at radius 1 is 1.10 bits per heavy atom. The fraction of sp³-hybridized carbons (Fsp3) is 0.125. The monoisotopic (exact) mass is 268 g/mol. The first kappa shape index (κ1) is 12.7. The largest absolute Gasteiger partial charge is 0.381 e. The number of hydrogen-bond acceptors (Lipinski definition) is 3.